The maximum absolute atomic E-state index is 13.1. The second-order valence-corrected chi connectivity index (χ2v) is 9.18. The van der Waals surface area contributed by atoms with E-state index in [9.17, 15) is 17.6 Å². The fourth-order valence-electron chi connectivity index (χ4n) is 3.31. The number of fused-ring (bicyclic) bond motifs is 1. The highest BCUT2D eigenvalue weighted by Gasteiger charge is 2.27. The molecule has 1 aliphatic rings. The Morgan fingerprint density at radius 3 is 2.66 bits per heavy atom. The van der Waals surface area contributed by atoms with Crippen molar-refractivity contribution in [2.75, 3.05) is 32.9 Å². The van der Waals surface area contributed by atoms with Gasteiger partial charge in [-0.2, -0.15) is 4.31 Å². The van der Waals surface area contributed by atoms with Crippen molar-refractivity contribution >= 4 is 27.0 Å². The Labute approximate surface area is 183 Å². The van der Waals surface area contributed by atoms with E-state index in [-0.39, 0.29) is 36.5 Å². The Morgan fingerprint density at radius 1 is 1.22 bits per heavy atom. The number of hydrogen-bond acceptors (Lipinski definition) is 7. The summed E-state index contributed by atoms with van der Waals surface area (Å²) in [6.07, 6.45) is 0. The molecule has 1 N–H and O–H groups in total. The van der Waals surface area contributed by atoms with Gasteiger partial charge in [0.25, 0.3) is 5.91 Å². The average molecular weight is 463 g/mol. The van der Waals surface area contributed by atoms with Gasteiger partial charge in [-0.1, -0.05) is 17.0 Å². The lowest BCUT2D eigenvalue weighted by molar-refractivity contribution is -0.127. The average Bonchev–Trinajstić information content (AvgIpc) is 3.21. The molecule has 0 aliphatic carbocycles. The second-order valence-electron chi connectivity index (χ2n) is 7.24. The summed E-state index contributed by atoms with van der Waals surface area (Å²) in [5.74, 6) is -0.786. The Kier molecular flexibility index (Phi) is 6.35. The highest BCUT2D eigenvalue weighted by molar-refractivity contribution is 7.89. The number of carbonyl (C=O) groups excluding carboxylic acids is 1. The lowest BCUT2D eigenvalue weighted by Crippen LogP contribution is -2.40. The number of nitrogens with one attached hydrogen (secondary N) is 1. The van der Waals surface area contributed by atoms with Crippen LogP contribution in [0, 0.1) is 5.82 Å². The normalized spacial score (nSPS) is 16.1. The molecule has 0 unspecified atom stereocenters. The maximum atomic E-state index is 13.1. The molecule has 12 heteroatoms. The molecule has 1 atom stereocenters. The molecule has 4 rings (SSSR count). The van der Waals surface area contributed by atoms with Crippen LogP contribution < -0.4 is 10.2 Å². The summed E-state index contributed by atoms with van der Waals surface area (Å²) in [5, 5.41) is 10.5. The summed E-state index contributed by atoms with van der Waals surface area (Å²) in [7, 11) is -3.71. The topological polar surface area (TPSA) is 116 Å². The largest absolute Gasteiger partial charge is 0.385 e. The Morgan fingerprint density at radius 2 is 1.94 bits per heavy atom. The first kappa shape index (κ1) is 22.1. The maximum Gasteiger partial charge on any atom is 0.261 e. The van der Waals surface area contributed by atoms with E-state index >= 15 is 0 Å². The zero-order valence-electron chi connectivity index (χ0n) is 17.3. The number of amides is 1. The van der Waals surface area contributed by atoms with E-state index in [4.69, 9.17) is 9.57 Å². The van der Waals surface area contributed by atoms with Gasteiger partial charge in [0.1, 0.15) is 16.9 Å². The Bertz CT molecular complexity index is 1210. The predicted molar refractivity (Wildman–Crippen MR) is 112 cm³/mol. The van der Waals surface area contributed by atoms with Crippen LogP contribution in [0.4, 0.5) is 4.39 Å². The number of rotatable bonds is 7. The molecule has 0 bridgehead atoms. The van der Waals surface area contributed by atoms with Gasteiger partial charge in [-0.3, -0.25) is 4.79 Å². The molecule has 1 aromatic heterocycles. The molecule has 2 heterocycles. The standard InChI is InChI=1S/C20H22FN5O5S/c1-14(15-2-4-16(21)5-3-15)22-20(27)13-31-26-19-12-17(6-7-18(19)23-24-26)32(28,29)25-8-10-30-11-9-25/h2-7,12,14H,8-11,13H2,1H3,(H,22,27)/t14-/m0/s1. The van der Waals surface area contributed by atoms with Gasteiger partial charge in [-0.15, -0.1) is 5.10 Å². The first-order valence-corrected chi connectivity index (χ1v) is 11.4. The van der Waals surface area contributed by atoms with Crippen molar-refractivity contribution in [2.45, 2.75) is 17.9 Å². The number of carbonyl (C=O) groups is 1. The fourth-order valence-corrected chi connectivity index (χ4v) is 4.74. The van der Waals surface area contributed by atoms with Crippen molar-refractivity contribution in [1.29, 1.82) is 0 Å². The molecule has 170 valence electrons. The first-order chi connectivity index (χ1) is 15.3. The second kappa shape index (κ2) is 9.18. The van der Waals surface area contributed by atoms with Gasteiger partial charge < -0.3 is 14.9 Å². The molecule has 10 nitrogen and oxygen atoms in total. The van der Waals surface area contributed by atoms with Gasteiger partial charge in [0.2, 0.25) is 10.0 Å². The van der Waals surface area contributed by atoms with E-state index in [1.54, 1.807) is 19.1 Å². The number of nitrogens with zero attached hydrogens (tertiary/aromatic N) is 4. The molecule has 1 saturated heterocycles. The number of ether oxygens (including phenoxy) is 1. The number of aromatic nitrogens is 3. The highest BCUT2D eigenvalue weighted by Crippen LogP contribution is 2.21. The van der Waals surface area contributed by atoms with Crippen LogP contribution in [0.5, 0.6) is 0 Å². The van der Waals surface area contributed by atoms with Gasteiger partial charge in [-0.25, -0.2) is 12.8 Å². The van der Waals surface area contributed by atoms with Gasteiger partial charge in [0.05, 0.1) is 24.2 Å². The van der Waals surface area contributed by atoms with Crippen LogP contribution in [0.15, 0.2) is 47.4 Å². The third-order valence-electron chi connectivity index (χ3n) is 5.06. The zero-order valence-corrected chi connectivity index (χ0v) is 18.1. The van der Waals surface area contributed by atoms with Crippen LogP contribution in [-0.2, 0) is 19.6 Å². The number of sulfonamides is 1. The molecule has 3 aromatic rings. The summed E-state index contributed by atoms with van der Waals surface area (Å²) < 4.78 is 45.4. The molecule has 0 spiro atoms. The van der Waals surface area contributed by atoms with Crippen LogP contribution in [-0.4, -0.2) is 66.7 Å². The van der Waals surface area contributed by atoms with Crippen LogP contribution >= 0.6 is 0 Å². The van der Waals surface area contributed by atoms with Crippen LogP contribution in [0.2, 0.25) is 0 Å². The zero-order chi connectivity index (χ0) is 22.7. The minimum Gasteiger partial charge on any atom is -0.385 e. The summed E-state index contributed by atoms with van der Waals surface area (Å²) in [6, 6.07) is 9.86. The van der Waals surface area contributed by atoms with E-state index < -0.39 is 15.9 Å². The number of morpholine rings is 1. The SMILES string of the molecule is C[C@H](NC(=O)COn1nnc2ccc(S(=O)(=O)N3CCOCC3)cc21)c1ccc(F)cc1. The smallest absolute Gasteiger partial charge is 0.261 e. The van der Waals surface area contributed by atoms with Crippen molar-refractivity contribution in [1.82, 2.24) is 24.8 Å². The number of halogens is 1. The van der Waals surface area contributed by atoms with Crippen molar-refractivity contribution in [3.8, 4) is 0 Å². The molecule has 0 radical (unpaired) electrons. The summed E-state index contributed by atoms with van der Waals surface area (Å²) in [5.41, 5.74) is 1.48. The Balaban J connectivity index is 1.44. The van der Waals surface area contributed by atoms with E-state index in [0.717, 1.165) is 10.4 Å². The third-order valence-corrected chi connectivity index (χ3v) is 6.95. The van der Waals surface area contributed by atoms with E-state index in [1.807, 2.05) is 0 Å². The summed E-state index contributed by atoms with van der Waals surface area (Å²) in [6.45, 7) is 2.63. The van der Waals surface area contributed by atoms with Crippen LogP contribution in [0.25, 0.3) is 11.0 Å². The predicted octanol–water partition coefficient (Wildman–Crippen LogP) is 0.897. The Hall–Kier alpha value is -3.09. The molecular weight excluding hydrogens is 441 g/mol. The molecular formula is C20H22FN5O5S. The van der Waals surface area contributed by atoms with Crippen molar-refractivity contribution in [3.05, 3.63) is 53.8 Å². The van der Waals surface area contributed by atoms with Crippen LogP contribution in [0.1, 0.15) is 18.5 Å². The van der Waals surface area contributed by atoms with Gasteiger partial charge >= 0.3 is 0 Å². The van der Waals surface area contributed by atoms with Crippen molar-refractivity contribution in [2.24, 2.45) is 0 Å². The van der Waals surface area contributed by atoms with E-state index in [2.05, 4.69) is 15.6 Å². The first-order valence-electron chi connectivity index (χ1n) is 9.96. The van der Waals surface area contributed by atoms with Crippen molar-refractivity contribution < 1.29 is 27.2 Å². The molecule has 0 saturated carbocycles. The monoisotopic (exact) mass is 463 g/mol. The lowest BCUT2D eigenvalue weighted by atomic mass is 10.1. The van der Waals surface area contributed by atoms with Gasteiger partial charge in [0.15, 0.2) is 6.61 Å². The van der Waals surface area contributed by atoms with Crippen LogP contribution in [0.3, 0.4) is 0 Å². The van der Waals surface area contributed by atoms with E-state index in [0.29, 0.717) is 24.2 Å². The van der Waals surface area contributed by atoms with Gasteiger partial charge in [-0.05, 0) is 48.0 Å². The molecule has 1 aliphatic heterocycles. The lowest BCUT2D eigenvalue weighted by Gasteiger charge is -2.26. The number of benzene rings is 2. The third kappa shape index (κ3) is 4.71. The highest BCUT2D eigenvalue weighted by atomic mass is 32.2. The van der Waals surface area contributed by atoms with Gasteiger partial charge in [0, 0.05) is 13.1 Å². The molecule has 1 amide bonds. The molecule has 1 fully saturated rings. The molecule has 32 heavy (non-hydrogen) atoms. The molecule has 2 aromatic carbocycles. The van der Waals surface area contributed by atoms with Crippen molar-refractivity contribution in [3.63, 3.8) is 0 Å². The fraction of sp³-hybridized carbons (Fsp3) is 0.350. The van der Waals surface area contributed by atoms with E-state index in [1.165, 1.54) is 34.6 Å². The minimum atomic E-state index is -3.71. The quantitative estimate of drug-likeness (QED) is 0.553. The number of hydrogen-bond donors (Lipinski definition) is 1. The minimum absolute atomic E-state index is 0.0773. The summed E-state index contributed by atoms with van der Waals surface area (Å²) >= 11 is 0. The summed E-state index contributed by atoms with van der Waals surface area (Å²) in [4.78, 5) is 18.8.